The molecule has 0 aliphatic heterocycles. The number of aryl methyl sites for hydroxylation is 2. The molecule has 124 valence electrons. The fourth-order valence-electron chi connectivity index (χ4n) is 3.19. The van der Waals surface area contributed by atoms with Crippen LogP contribution in [0.5, 0.6) is 0 Å². The molecule has 0 N–H and O–H groups in total. The summed E-state index contributed by atoms with van der Waals surface area (Å²) in [6.45, 7) is 0.497. The van der Waals surface area contributed by atoms with E-state index in [1.54, 1.807) is 6.07 Å². The van der Waals surface area contributed by atoms with Crippen LogP contribution in [0.3, 0.4) is 0 Å². The van der Waals surface area contributed by atoms with E-state index < -0.39 is 0 Å². The number of halogens is 1. The molecule has 0 radical (unpaired) electrons. The van der Waals surface area contributed by atoms with Gasteiger partial charge in [-0.1, -0.05) is 60.7 Å². The van der Waals surface area contributed by atoms with Crippen molar-refractivity contribution in [2.75, 3.05) is 0 Å². The lowest BCUT2D eigenvalue weighted by atomic mass is 10.1. The Morgan fingerprint density at radius 3 is 2.32 bits per heavy atom. The number of imidazole rings is 1. The molecule has 0 aliphatic carbocycles. The number of nitrogens with zero attached hydrogens (tertiary/aromatic N) is 2. The smallest absolute Gasteiger partial charge is 0.128 e. The van der Waals surface area contributed by atoms with Crippen molar-refractivity contribution >= 4 is 11.0 Å². The van der Waals surface area contributed by atoms with E-state index in [-0.39, 0.29) is 5.82 Å². The van der Waals surface area contributed by atoms with Crippen molar-refractivity contribution < 1.29 is 4.39 Å². The minimum atomic E-state index is -0.172. The van der Waals surface area contributed by atoms with Crippen LogP contribution in [-0.2, 0) is 19.4 Å². The van der Waals surface area contributed by atoms with Crippen molar-refractivity contribution in [2.24, 2.45) is 0 Å². The third kappa shape index (κ3) is 3.31. The van der Waals surface area contributed by atoms with Crippen LogP contribution in [0.2, 0.25) is 0 Å². The van der Waals surface area contributed by atoms with E-state index in [4.69, 9.17) is 4.98 Å². The highest BCUT2D eigenvalue weighted by Crippen LogP contribution is 2.20. The first-order chi connectivity index (χ1) is 12.3. The van der Waals surface area contributed by atoms with E-state index in [0.29, 0.717) is 12.1 Å². The Hall–Kier alpha value is -2.94. The molecule has 0 saturated heterocycles. The Balaban J connectivity index is 1.69. The summed E-state index contributed by atoms with van der Waals surface area (Å²) in [7, 11) is 0. The first-order valence-corrected chi connectivity index (χ1v) is 8.53. The fraction of sp³-hybridized carbons (Fsp3) is 0.136. The van der Waals surface area contributed by atoms with Crippen LogP contribution in [0.4, 0.5) is 4.39 Å². The highest BCUT2D eigenvalue weighted by molar-refractivity contribution is 5.76. The van der Waals surface area contributed by atoms with Gasteiger partial charge in [0.25, 0.3) is 0 Å². The van der Waals surface area contributed by atoms with Crippen molar-refractivity contribution in [3.05, 3.63) is 102 Å². The maximum Gasteiger partial charge on any atom is 0.128 e. The van der Waals surface area contributed by atoms with E-state index in [1.165, 1.54) is 11.6 Å². The first kappa shape index (κ1) is 15.6. The van der Waals surface area contributed by atoms with Gasteiger partial charge in [0, 0.05) is 12.0 Å². The van der Waals surface area contributed by atoms with Gasteiger partial charge in [-0.2, -0.15) is 0 Å². The predicted molar refractivity (Wildman–Crippen MR) is 99.1 cm³/mol. The van der Waals surface area contributed by atoms with E-state index in [2.05, 4.69) is 34.9 Å². The molecule has 0 fully saturated rings. The summed E-state index contributed by atoms with van der Waals surface area (Å²) in [4.78, 5) is 4.79. The fourth-order valence-corrected chi connectivity index (χ4v) is 3.19. The normalized spacial score (nSPS) is 11.1. The molecule has 1 heterocycles. The zero-order valence-electron chi connectivity index (χ0n) is 13.9. The van der Waals surface area contributed by atoms with E-state index in [9.17, 15) is 4.39 Å². The Bertz CT molecular complexity index is 989. The van der Waals surface area contributed by atoms with Gasteiger partial charge in [-0.25, -0.2) is 9.37 Å². The topological polar surface area (TPSA) is 17.8 Å². The summed E-state index contributed by atoms with van der Waals surface area (Å²) in [5, 5.41) is 0. The molecule has 3 aromatic carbocycles. The zero-order valence-corrected chi connectivity index (χ0v) is 13.9. The van der Waals surface area contributed by atoms with Crippen molar-refractivity contribution in [3.63, 3.8) is 0 Å². The summed E-state index contributed by atoms with van der Waals surface area (Å²) in [6.07, 6.45) is 1.74. The lowest BCUT2D eigenvalue weighted by Gasteiger charge is -2.10. The van der Waals surface area contributed by atoms with Gasteiger partial charge in [0.2, 0.25) is 0 Å². The average molecular weight is 330 g/mol. The molecular formula is C22H19FN2. The van der Waals surface area contributed by atoms with Crippen LogP contribution in [-0.4, -0.2) is 9.55 Å². The van der Waals surface area contributed by atoms with Gasteiger partial charge >= 0.3 is 0 Å². The number of para-hydroxylation sites is 2. The van der Waals surface area contributed by atoms with Gasteiger partial charge in [-0.05, 0) is 30.2 Å². The number of fused-ring (bicyclic) bond motifs is 1. The molecule has 2 nitrogen and oxygen atoms in total. The Kier molecular flexibility index (Phi) is 4.30. The molecule has 3 heteroatoms. The molecular weight excluding hydrogens is 311 g/mol. The quantitative estimate of drug-likeness (QED) is 0.503. The standard InChI is InChI=1S/C22H19FN2/c23-19-11-5-4-10-18(19)16-25-21-13-7-6-12-20(21)24-22(25)15-14-17-8-2-1-3-9-17/h1-13H,14-16H2. The molecule has 0 spiro atoms. The van der Waals surface area contributed by atoms with Gasteiger partial charge in [-0.15, -0.1) is 0 Å². The second-order valence-electron chi connectivity index (χ2n) is 6.18. The van der Waals surface area contributed by atoms with Crippen LogP contribution < -0.4 is 0 Å². The molecule has 0 atom stereocenters. The van der Waals surface area contributed by atoms with Gasteiger partial charge in [0.05, 0.1) is 17.6 Å². The third-order valence-electron chi connectivity index (χ3n) is 4.50. The lowest BCUT2D eigenvalue weighted by Crippen LogP contribution is -2.08. The second-order valence-corrected chi connectivity index (χ2v) is 6.18. The molecule has 1 aromatic heterocycles. The summed E-state index contributed by atoms with van der Waals surface area (Å²) in [6, 6.07) is 25.4. The number of hydrogen-bond acceptors (Lipinski definition) is 1. The summed E-state index contributed by atoms with van der Waals surface area (Å²) in [5.41, 5.74) is 3.98. The SMILES string of the molecule is Fc1ccccc1Cn1c(CCc2ccccc2)nc2ccccc21. The van der Waals surface area contributed by atoms with Crippen molar-refractivity contribution in [1.29, 1.82) is 0 Å². The Labute approximate surface area is 146 Å². The molecule has 4 rings (SSSR count). The predicted octanol–water partition coefficient (Wildman–Crippen LogP) is 5.01. The summed E-state index contributed by atoms with van der Waals surface area (Å²) < 4.78 is 16.3. The van der Waals surface area contributed by atoms with E-state index in [1.807, 2.05) is 36.4 Å². The monoisotopic (exact) mass is 330 g/mol. The van der Waals surface area contributed by atoms with Crippen molar-refractivity contribution in [3.8, 4) is 0 Å². The first-order valence-electron chi connectivity index (χ1n) is 8.53. The average Bonchev–Trinajstić information content (AvgIpc) is 3.00. The Morgan fingerprint density at radius 1 is 0.760 bits per heavy atom. The van der Waals surface area contributed by atoms with Crippen LogP contribution in [0.15, 0.2) is 78.9 Å². The number of rotatable bonds is 5. The van der Waals surface area contributed by atoms with Gasteiger partial charge in [0.15, 0.2) is 0 Å². The van der Waals surface area contributed by atoms with Crippen LogP contribution in [0.1, 0.15) is 17.0 Å². The van der Waals surface area contributed by atoms with Crippen LogP contribution in [0, 0.1) is 5.82 Å². The second kappa shape index (κ2) is 6.89. The minimum Gasteiger partial charge on any atom is -0.323 e. The molecule has 0 amide bonds. The van der Waals surface area contributed by atoms with Gasteiger partial charge in [0.1, 0.15) is 11.6 Å². The molecule has 25 heavy (non-hydrogen) atoms. The maximum absolute atomic E-state index is 14.1. The van der Waals surface area contributed by atoms with Crippen molar-refractivity contribution in [1.82, 2.24) is 9.55 Å². The molecule has 0 aliphatic rings. The number of benzene rings is 3. The largest absolute Gasteiger partial charge is 0.323 e. The van der Waals surface area contributed by atoms with Gasteiger partial charge < -0.3 is 4.57 Å². The number of aromatic nitrogens is 2. The summed E-state index contributed by atoms with van der Waals surface area (Å²) >= 11 is 0. The molecule has 0 bridgehead atoms. The third-order valence-corrected chi connectivity index (χ3v) is 4.50. The highest BCUT2D eigenvalue weighted by atomic mass is 19.1. The van der Waals surface area contributed by atoms with Gasteiger partial charge in [-0.3, -0.25) is 0 Å². The molecule has 0 saturated carbocycles. The van der Waals surface area contributed by atoms with Crippen molar-refractivity contribution in [2.45, 2.75) is 19.4 Å². The maximum atomic E-state index is 14.1. The minimum absolute atomic E-state index is 0.172. The molecule has 4 aromatic rings. The summed E-state index contributed by atoms with van der Waals surface area (Å²) in [5.74, 6) is 0.822. The highest BCUT2D eigenvalue weighted by Gasteiger charge is 2.12. The molecule has 0 unspecified atom stereocenters. The van der Waals surface area contributed by atoms with Crippen LogP contribution >= 0.6 is 0 Å². The van der Waals surface area contributed by atoms with E-state index >= 15 is 0 Å². The van der Waals surface area contributed by atoms with E-state index in [0.717, 1.165) is 29.7 Å². The zero-order chi connectivity index (χ0) is 17.1. The number of hydrogen-bond donors (Lipinski definition) is 0. The Morgan fingerprint density at radius 2 is 1.48 bits per heavy atom. The van der Waals surface area contributed by atoms with Crippen LogP contribution in [0.25, 0.3) is 11.0 Å². The lowest BCUT2D eigenvalue weighted by molar-refractivity contribution is 0.596.